The molecule has 0 saturated carbocycles. The van der Waals surface area contributed by atoms with Crippen LogP contribution in [-0.4, -0.2) is 23.0 Å². The molecule has 5 nitrogen and oxygen atoms in total. The van der Waals surface area contributed by atoms with E-state index in [0.717, 1.165) is 28.5 Å². The molecule has 0 bridgehead atoms. The van der Waals surface area contributed by atoms with E-state index in [1.54, 1.807) is 0 Å². The second-order valence-electron chi connectivity index (χ2n) is 7.52. The average Bonchev–Trinajstić information content (AvgIpc) is 2.75. The molecule has 1 heterocycles. The van der Waals surface area contributed by atoms with Crippen LogP contribution in [0.4, 0.5) is 0 Å². The minimum atomic E-state index is -2.52. The summed E-state index contributed by atoms with van der Waals surface area (Å²) in [5.74, 6) is 6.69. The molecule has 0 aliphatic heterocycles. The van der Waals surface area contributed by atoms with Crippen LogP contribution in [0.3, 0.4) is 0 Å². The molecule has 0 fully saturated rings. The molecular weight excluding hydrogens is 395 g/mol. The summed E-state index contributed by atoms with van der Waals surface area (Å²) in [6.07, 6.45) is 11.1. The minimum Gasteiger partial charge on any atom is -0.310 e. The van der Waals surface area contributed by atoms with Crippen molar-refractivity contribution in [2.45, 2.75) is 71.3 Å². The van der Waals surface area contributed by atoms with E-state index in [1.165, 1.54) is 38.5 Å². The van der Waals surface area contributed by atoms with Gasteiger partial charge in [0.2, 0.25) is 0 Å². The molecule has 0 aliphatic carbocycles. The van der Waals surface area contributed by atoms with Gasteiger partial charge in [0.25, 0.3) is 0 Å². The summed E-state index contributed by atoms with van der Waals surface area (Å²) in [5.41, 5.74) is 3.12. The molecule has 2 unspecified atom stereocenters. The van der Waals surface area contributed by atoms with Crippen molar-refractivity contribution in [3.63, 3.8) is 0 Å². The van der Waals surface area contributed by atoms with Gasteiger partial charge in [0, 0.05) is 34.2 Å². The number of hydrogen-bond donors (Lipinski definition) is 2. The lowest BCUT2D eigenvalue weighted by Crippen LogP contribution is -2.21. The molecule has 1 aromatic carbocycles. The zero-order valence-corrected chi connectivity index (χ0v) is 19.1. The standard InChI is InChI=1S/C24H33N2O3P/c1-3-4-5-6-7-8-9-10-13-21-15-16-22(24-23(21)14-11-17-26-24)20(2)25-18-12-19-29-30(27)28/h11,14-17,20,25H,3-9,12,18-19H2,1-2H3/p+1. The van der Waals surface area contributed by atoms with Gasteiger partial charge in [0.1, 0.15) is 6.61 Å². The smallest absolute Gasteiger partial charge is 0.310 e. The zero-order chi connectivity index (χ0) is 21.6. The fourth-order valence-corrected chi connectivity index (χ4v) is 3.73. The first-order valence-electron chi connectivity index (χ1n) is 11.0. The van der Waals surface area contributed by atoms with Gasteiger partial charge < -0.3 is 5.32 Å². The van der Waals surface area contributed by atoms with E-state index < -0.39 is 8.25 Å². The Bertz CT molecular complexity index is 860. The third kappa shape index (κ3) is 8.50. The van der Waals surface area contributed by atoms with E-state index in [1.807, 2.05) is 12.3 Å². The fourth-order valence-electron chi connectivity index (χ4n) is 3.45. The molecule has 2 N–H and O–H groups in total. The van der Waals surface area contributed by atoms with Gasteiger partial charge in [-0.1, -0.05) is 63.0 Å². The van der Waals surface area contributed by atoms with Crippen molar-refractivity contribution in [1.29, 1.82) is 0 Å². The number of aromatic nitrogens is 1. The SMILES string of the molecule is CCCCCCCCC#Cc1ccc(C(C)NCCCO[P+](=O)O)c2ncccc12. The predicted octanol–water partition coefficient (Wildman–Crippen LogP) is 6.04. The van der Waals surface area contributed by atoms with Crippen molar-refractivity contribution in [2.24, 2.45) is 0 Å². The molecule has 1 aromatic heterocycles. The van der Waals surface area contributed by atoms with Crippen LogP contribution in [0, 0.1) is 11.8 Å². The molecule has 2 rings (SSSR count). The van der Waals surface area contributed by atoms with Gasteiger partial charge in [0.05, 0.1) is 5.52 Å². The summed E-state index contributed by atoms with van der Waals surface area (Å²) in [4.78, 5) is 13.3. The van der Waals surface area contributed by atoms with Crippen LogP contribution in [0.15, 0.2) is 30.5 Å². The zero-order valence-electron chi connectivity index (χ0n) is 18.2. The number of fused-ring (bicyclic) bond motifs is 1. The summed E-state index contributed by atoms with van der Waals surface area (Å²) >= 11 is 0. The molecule has 0 amide bonds. The second-order valence-corrected chi connectivity index (χ2v) is 8.26. The number of nitrogens with zero attached hydrogens (tertiary/aromatic N) is 1. The maximum Gasteiger partial charge on any atom is 0.694 e. The first-order valence-corrected chi connectivity index (χ1v) is 12.2. The third-order valence-corrected chi connectivity index (χ3v) is 5.52. The van der Waals surface area contributed by atoms with Crippen LogP contribution in [0.5, 0.6) is 0 Å². The maximum absolute atomic E-state index is 10.5. The maximum atomic E-state index is 10.5. The fraction of sp³-hybridized carbons (Fsp3) is 0.542. The topological polar surface area (TPSA) is 71.5 Å². The van der Waals surface area contributed by atoms with Crippen molar-refractivity contribution >= 4 is 19.2 Å². The Labute approximate surface area is 181 Å². The second kappa shape index (κ2) is 14.2. The number of rotatable bonds is 13. The van der Waals surface area contributed by atoms with Crippen molar-refractivity contribution < 1.29 is 14.0 Å². The Kier molecular flexibility index (Phi) is 11.6. The Balaban J connectivity index is 1.96. The quantitative estimate of drug-likeness (QED) is 0.231. The lowest BCUT2D eigenvalue weighted by molar-refractivity contribution is 0.275. The van der Waals surface area contributed by atoms with E-state index in [2.05, 4.69) is 54.2 Å². The van der Waals surface area contributed by atoms with Gasteiger partial charge in [-0.05, 0) is 44.0 Å². The van der Waals surface area contributed by atoms with Crippen LogP contribution in [0.1, 0.15) is 82.4 Å². The van der Waals surface area contributed by atoms with E-state index in [0.29, 0.717) is 13.0 Å². The largest absolute Gasteiger partial charge is 0.694 e. The molecule has 0 aliphatic rings. The van der Waals surface area contributed by atoms with Crippen LogP contribution in [0.25, 0.3) is 10.9 Å². The summed E-state index contributed by atoms with van der Waals surface area (Å²) in [5, 5.41) is 4.52. The lowest BCUT2D eigenvalue weighted by Gasteiger charge is -2.16. The highest BCUT2D eigenvalue weighted by atomic mass is 31.1. The molecule has 2 atom stereocenters. The highest BCUT2D eigenvalue weighted by Gasteiger charge is 2.13. The number of unbranched alkanes of at least 4 members (excludes halogenated alkanes) is 6. The van der Waals surface area contributed by atoms with Gasteiger partial charge in [-0.25, -0.2) is 0 Å². The third-order valence-electron chi connectivity index (χ3n) is 5.12. The summed E-state index contributed by atoms with van der Waals surface area (Å²) < 4.78 is 15.2. The minimum absolute atomic E-state index is 0.107. The monoisotopic (exact) mass is 429 g/mol. The normalized spacial score (nSPS) is 12.4. The van der Waals surface area contributed by atoms with E-state index in [4.69, 9.17) is 9.42 Å². The highest BCUT2D eigenvalue weighted by Crippen LogP contribution is 2.25. The van der Waals surface area contributed by atoms with Crippen molar-refractivity contribution in [1.82, 2.24) is 10.3 Å². The van der Waals surface area contributed by atoms with Crippen LogP contribution < -0.4 is 5.32 Å². The average molecular weight is 430 g/mol. The molecule has 2 aromatic rings. The number of benzene rings is 1. The Morgan fingerprint density at radius 1 is 1.17 bits per heavy atom. The van der Waals surface area contributed by atoms with Gasteiger partial charge in [-0.15, -0.1) is 9.42 Å². The van der Waals surface area contributed by atoms with Gasteiger partial charge in [-0.2, -0.15) is 0 Å². The highest BCUT2D eigenvalue weighted by molar-refractivity contribution is 7.32. The van der Waals surface area contributed by atoms with E-state index >= 15 is 0 Å². The molecule has 162 valence electrons. The number of hydrogen-bond acceptors (Lipinski definition) is 4. The molecule has 0 spiro atoms. The summed E-state index contributed by atoms with van der Waals surface area (Å²) in [6, 6.07) is 8.33. The van der Waals surface area contributed by atoms with Crippen LogP contribution in [-0.2, 0) is 9.09 Å². The predicted molar refractivity (Wildman–Crippen MR) is 123 cm³/mol. The Morgan fingerprint density at radius 3 is 2.77 bits per heavy atom. The summed E-state index contributed by atoms with van der Waals surface area (Å²) in [7, 11) is -2.52. The van der Waals surface area contributed by atoms with Crippen molar-refractivity contribution in [2.75, 3.05) is 13.2 Å². The van der Waals surface area contributed by atoms with E-state index in [9.17, 15) is 4.57 Å². The van der Waals surface area contributed by atoms with E-state index in [-0.39, 0.29) is 12.6 Å². The van der Waals surface area contributed by atoms with Crippen LogP contribution >= 0.6 is 8.25 Å². The number of pyridine rings is 1. The molecule has 0 radical (unpaired) electrons. The van der Waals surface area contributed by atoms with Gasteiger partial charge in [-0.3, -0.25) is 4.98 Å². The Morgan fingerprint density at radius 2 is 1.97 bits per heavy atom. The van der Waals surface area contributed by atoms with Crippen LogP contribution in [0.2, 0.25) is 0 Å². The van der Waals surface area contributed by atoms with Gasteiger partial charge >= 0.3 is 8.25 Å². The van der Waals surface area contributed by atoms with Crippen molar-refractivity contribution in [3.8, 4) is 11.8 Å². The molecule has 6 heteroatoms. The van der Waals surface area contributed by atoms with Crippen molar-refractivity contribution in [3.05, 3.63) is 41.6 Å². The molecule has 0 saturated heterocycles. The lowest BCUT2D eigenvalue weighted by atomic mass is 9.99. The summed E-state index contributed by atoms with van der Waals surface area (Å²) in [6.45, 7) is 5.29. The first-order chi connectivity index (χ1) is 14.6. The first kappa shape index (κ1) is 24.4. The Hall–Kier alpha value is -1.83. The molecule has 30 heavy (non-hydrogen) atoms. The number of nitrogens with one attached hydrogen (secondary N) is 1. The molecular formula is C24H34N2O3P+. The van der Waals surface area contributed by atoms with Gasteiger partial charge in [0.15, 0.2) is 0 Å².